The van der Waals surface area contributed by atoms with Gasteiger partial charge in [-0.1, -0.05) is 37.1 Å². The third-order valence-electron chi connectivity index (χ3n) is 5.80. The van der Waals surface area contributed by atoms with Crippen LogP contribution in [0.3, 0.4) is 0 Å². The molecule has 0 amide bonds. The van der Waals surface area contributed by atoms with Crippen molar-refractivity contribution in [3.63, 3.8) is 0 Å². The molecule has 3 aromatic rings. The smallest absolute Gasteiger partial charge is 0.290 e. The normalized spacial score (nSPS) is 16.0. The van der Waals surface area contributed by atoms with Gasteiger partial charge in [0.2, 0.25) is 0 Å². The predicted octanol–water partition coefficient (Wildman–Crippen LogP) is 4.00. The Bertz CT molecular complexity index is 1080. The maximum Gasteiger partial charge on any atom is 0.290 e. The number of likely N-dealkylation sites (tertiary alicyclic amines) is 1. The molecule has 0 aliphatic carbocycles. The van der Waals surface area contributed by atoms with Gasteiger partial charge in [-0.3, -0.25) is 19.5 Å². The molecule has 1 atom stereocenters. The Balaban J connectivity index is 0.000000913. The summed E-state index contributed by atoms with van der Waals surface area (Å²) in [6, 6.07) is 9.98. The third kappa shape index (κ3) is 5.93. The van der Waals surface area contributed by atoms with Gasteiger partial charge in [0.1, 0.15) is 0 Å². The monoisotopic (exact) mass is 456 g/mol. The van der Waals surface area contributed by atoms with Crippen LogP contribution in [0.15, 0.2) is 47.5 Å². The van der Waals surface area contributed by atoms with Crippen LogP contribution in [0.2, 0.25) is 5.02 Å². The maximum absolute atomic E-state index is 13.1. The number of rotatable bonds is 7. The molecule has 1 aliphatic rings. The molecule has 7 nitrogen and oxygen atoms in total. The average Bonchev–Trinajstić information content (AvgIpc) is 3.24. The van der Waals surface area contributed by atoms with Crippen molar-refractivity contribution in [2.24, 2.45) is 0 Å². The number of hydrogen-bond donors (Lipinski definition) is 1. The van der Waals surface area contributed by atoms with Crippen LogP contribution in [0.25, 0.3) is 10.8 Å². The molecule has 1 aliphatic heterocycles. The number of halogens is 1. The van der Waals surface area contributed by atoms with E-state index in [0.29, 0.717) is 29.4 Å². The highest BCUT2D eigenvalue weighted by Crippen LogP contribution is 2.21. The SMILES string of the molecule is CCCCN1CCC[C@@H]1Cn1nc(Cc2ccc(Cl)cc2)c2cnccc2c1=O.O=CO. The fourth-order valence-electron chi connectivity index (χ4n) is 4.20. The molecule has 1 aromatic carbocycles. The third-order valence-corrected chi connectivity index (χ3v) is 6.06. The first-order valence-corrected chi connectivity index (χ1v) is 11.3. The number of fused-ring (bicyclic) bond motifs is 1. The second-order valence-corrected chi connectivity index (χ2v) is 8.39. The van der Waals surface area contributed by atoms with Crippen molar-refractivity contribution in [3.05, 3.63) is 69.4 Å². The summed E-state index contributed by atoms with van der Waals surface area (Å²) in [5.41, 5.74) is 1.97. The number of nitrogens with zero attached hydrogens (tertiary/aromatic N) is 4. The molecule has 0 radical (unpaired) electrons. The number of carboxylic acid groups (broad SMARTS) is 1. The van der Waals surface area contributed by atoms with E-state index in [0.717, 1.165) is 36.2 Å². The van der Waals surface area contributed by atoms with Gasteiger partial charge in [-0.05, 0) is 56.1 Å². The second kappa shape index (κ2) is 11.7. The van der Waals surface area contributed by atoms with E-state index >= 15 is 0 Å². The Morgan fingerprint density at radius 1 is 1.22 bits per heavy atom. The van der Waals surface area contributed by atoms with Gasteiger partial charge in [-0.25, -0.2) is 4.68 Å². The van der Waals surface area contributed by atoms with E-state index in [-0.39, 0.29) is 12.0 Å². The number of benzene rings is 1. The van der Waals surface area contributed by atoms with Crippen LogP contribution in [-0.4, -0.2) is 50.4 Å². The van der Waals surface area contributed by atoms with E-state index in [1.165, 1.54) is 19.3 Å². The highest BCUT2D eigenvalue weighted by Gasteiger charge is 2.25. The Labute approximate surface area is 192 Å². The van der Waals surface area contributed by atoms with Gasteiger partial charge in [0.25, 0.3) is 12.0 Å². The zero-order chi connectivity index (χ0) is 22.9. The molecule has 170 valence electrons. The lowest BCUT2D eigenvalue weighted by molar-refractivity contribution is -0.122. The van der Waals surface area contributed by atoms with Crippen molar-refractivity contribution in [2.45, 2.75) is 51.6 Å². The first-order valence-electron chi connectivity index (χ1n) is 11.0. The molecule has 32 heavy (non-hydrogen) atoms. The van der Waals surface area contributed by atoms with E-state index in [1.807, 2.05) is 30.3 Å². The summed E-state index contributed by atoms with van der Waals surface area (Å²) < 4.78 is 1.68. The van der Waals surface area contributed by atoms with Crippen molar-refractivity contribution in [1.82, 2.24) is 19.7 Å². The predicted molar refractivity (Wildman–Crippen MR) is 126 cm³/mol. The Morgan fingerprint density at radius 2 is 1.97 bits per heavy atom. The molecule has 0 spiro atoms. The van der Waals surface area contributed by atoms with Crippen LogP contribution in [0, 0.1) is 0 Å². The maximum atomic E-state index is 13.1. The first-order chi connectivity index (χ1) is 15.6. The van der Waals surface area contributed by atoms with E-state index in [9.17, 15) is 4.79 Å². The minimum Gasteiger partial charge on any atom is -0.483 e. The fraction of sp³-hybridized carbons (Fsp3) is 0.417. The van der Waals surface area contributed by atoms with E-state index < -0.39 is 0 Å². The molecule has 4 rings (SSSR count). The van der Waals surface area contributed by atoms with Gasteiger partial charge in [0.05, 0.1) is 17.6 Å². The van der Waals surface area contributed by atoms with Crippen molar-refractivity contribution in [2.75, 3.05) is 13.1 Å². The minimum atomic E-state index is -0.250. The zero-order valence-electron chi connectivity index (χ0n) is 18.3. The lowest BCUT2D eigenvalue weighted by Gasteiger charge is -2.24. The molecule has 3 heterocycles. The van der Waals surface area contributed by atoms with Gasteiger partial charge < -0.3 is 5.11 Å². The number of hydrogen-bond acceptors (Lipinski definition) is 5. The molecule has 1 N–H and O–H groups in total. The topological polar surface area (TPSA) is 88.3 Å². The Hall–Kier alpha value is -2.77. The zero-order valence-corrected chi connectivity index (χ0v) is 19.0. The fourth-order valence-corrected chi connectivity index (χ4v) is 4.33. The van der Waals surface area contributed by atoms with E-state index in [1.54, 1.807) is 17.1 Å². The quantitative estimate of drug-likeness (QED) is 0.540. The molecule has 0 bridgehead atoms. The second-order valence-electron chi connectivity index (χ2n) is 7.95. The van der Waals surface area contributed by atoms with E-state index in [2.05, 4.69) is 16.8 Å². The molecule has 1 fully saturated rings. The molecule has 8 heteroatoms. The Morgan fingerprint density at radius 3 is 2.69 bits per heavy atom. The van der Waals surface area contributed by atoms with Crippen LogP contribution < -0.4 is 5.56 Å². The molecule has 0 saturated carbocycles. The number of pyridine rings is 1. The highest BCUT2D eigenvalue weighted by atomic mass is 35.5. The summed E-state index contributed by atoms with van der Waals surface area (Å²) in [5, 5.41) is 13.9. The van der Waals surface area contributed by atoms with Crippen LogP contribution in [-0.2, 0) is 17.8 Å². The van der Waals surface area contributed by atoms with Gasteiger partial charge in [-0.15, -0.1) is 0 Å². The van der Waals surface area contributed by atoms with Crippen LogP contribution in [0.4, 0.5) is 0 Å². The van der Waals surface area contributed by atoms with Crippen molar-refractivity contribution in [3.8, 4) is 0 Å². The summed E-state index contributed by atoms with van der Waals surface area (Å²) in [6.07, 6.45) is 8.78. The standard InChI is InChI=1S/C23H27ClN4O.CH2O2/c1-2-3-12-27-13-4-5-19(27)16-28-23(29)20-10-11-25-15-21(20)22(26-28)14-17-6-8-18(24)9-7-17;2-1-3/h6-11,15,19H,2-5,12-14,16H2,1H3;1H,(H,2,3)/t19-;/m1./s1. The first kappa shape index (κ1) is 23.9. The lowest BCUT2D eigenvalue weighted by atomic mass is 10.1. The number of carbonyl (C=O) groups is 1. The molecule has 1 saturated heterocycles. The van der Waals surface area contributed by atoms with Gasteiger partial charge >= 0.3 is 0 Å². The summed E-state index contributed by atoms with van der Waals surface area (Å²) in [5.74, 6) is 0. The molecular formula is C24H29ClN4O3. The van der Waals surface area contributed by atoms with Gasteiger partial charge in [-0.2, -0.15) is 5.10 Å². The minimum absolute atomic E-state index is 0.0235. The summed E-state index contributed by atoms with van der Waals surface area (Å²) in [4.78, 5) is 28.2. The molecule has 0 unspecified atom stereocenters. The van der Waals surface area contributed by atoms with Gasteiger partial charge in [0, 0.05) is 35.3 Å². The van der Waals surface area contributed by atoms with Crippen LogP contribution in [0.5, 0.6) is 0 Å². The van der Waals surface area contributed by atoms with Crippen molar-refractivity contribution >= 4 is 28.8 Å². The van der Waals surface area contributed by atoms with E-state index in [4.69, 9.17) is 26.6 Å². The molecular weight excluding hydrogens is 428 g/mol. The highest BCUT2D eigenvalue weighted by molar-refractivity contribution is 6.30. The Kier molecular flexibility index (Phi) is 8.76. The van der Waals surface area contributed by atoms with Crippen molar-refractivity contribution < 1.29 is 9.90 Å². The largest absolute Gasteiger partial charge is 0.483 e. The lowest BCUT2D eigenvalue weighted by Crippen LogP contribution is -2.38. The number of unbranched alkanes of at least 4 members (excludes halogenated alkanes) is 1. The average molecular weight is 457 g/mol. The van der Waals surface area contributed by atoms with Crippen LogP contribution >= 0.6 is 11.6 Å². The summed E-state index contributed by atoms with van der Waals surface area (Å²) in [6.45, 7) is 4.84. The molecule has 2 aromatic heterocycles. The number of aromatic nitrogens is 3. The van der Waals surface area contributed by atoms with Crippen molar-refractivity contribution in [1.29, 1.82) is 0 Å². The summed E-state index contributed by atoms with van der Waals surface area (Å²) >= 11 is 6.02. The van der Waals surface area contributed by atoms with Gasteiger partial charge in [0.15, 0.2) is 0 Å². The summed E-state index contributed by atoms with van der Waals surface area (Å²) in [7, 11) is 0. The van der Waals surface area contributed by atoms with Crippen LogP contribution in [0.1, 0.15) is 43.9 Å².